The van der Waals surface area contributed by atoms with Crippen LogP contribution in [0.4, 0.5) is 0 Å². The van der Waals surface area contributed by atoms with Gasteiger partial charge in [0.2, 0.25) is 5.76 Å². The minimum Gasteiger partial charge on any atom is -0.475 e. The van der Waals surface area contributed by atoms with Crippen molar-refractivity contribution in [2.75, 3.05) is 6.54 Å². The van der Waals surface area contributed by atoms with Crippen LogP contribution in [0.25, 0.3) is 21.8 Å². The number of furan rings is 1. The van der Waals surface area contributed by atoms with Crippen LogP contribution < -0.4 is 0 Å². The molecule has 98 valence electrons. The molecule has 0 radical (unpaired) electrons. The van der Waals surface area contributed by atoms with Gasteiger partial charge in [-0.15, -0.1) is 0 Å². The third-order valence-corrected chi connectivity index (χ3v) is 2.43. The van der Waals surface area contributed by atoms with Gasteiger partial charge in [-0.3, -0.25) is 0 Å². The number of hydrogen-bond acceptors (Lipinski definition) is 3. The topological polar surface area (TPSA) is 99.2 Å². The van der Waals surface area contributed by atoms with Crippen LogP contribution in [0.2, 0.25) is 0 Å². The van der Waals surface area contributed by atoms with E-state index in [1.54, 1.807) is 30.3 Å². The smallest absolute Gasteiger partial charge is 0.371 e. The molecule has 1 N–H and O–H groups in total. The van der Waals surface area contributed by atoms with Gasteiger partial charge in [0.25, 0.3) is 0 Å². The Morgan fingerprint density at radius 1 is 1.30 bits per heavy atom. The van der Waals surface area contributed by atoms with Crippen molar-refractivity contribution in [3.63, 3.8) is 0 Å². The lowest BCUT2D eigenvalue weighted by molar-refractivity contribution is 0.0663. The Hall–Kier alpha value is -3.16. The molecule has 1 heterocycles. The Morgan fingerprint density at radius 2 is 2.05 bits per heavy atom. The quantitative estimate of drug-likeness (QED) is 0.399. The Bertz CT molecular complexity index is 729. The molecule has 2 aromatic rings. The molecule has 0 aliphatic heterocycles. The maximum atomic E-state index is 10.7. The van der Waals surface area contributed by atoms with Crippen molar-refractivity contribution in [2.24, 2.45) is 5.11 Å². The lowest BCUT2D eigenvalue weighted by Gasteiger charge is -1.97. The van der Waals surface area contributed by atoms with Crippen LogP contribution in [-0.4, -0.2) is 17.6 Å². The maximum absolute atomic E-state index is 10.7. The van der Waals surface area contributed by atoms with E-state index in [1.165, 1.54) is 6.07 Å². The standard InChI is InChI=1S/C14H9N3O3/c15-17-16-9-1-2-10-3-5-11(6-4-10)12-7-8-13(20-12)14(18)19/h3-8H,9H2,(H,18,19). The molecule has 0 aliphatic carbocycles. The summed E-state index contributed by atoms with van der Waals surface area (Å²) < 4.78 is 5.19. The van der Waals surface area contributed by atoms with Gasteiger partial charge in [-0.25, -0.2) is 4.79 Å². The van der Waals surface area contributed by atoms with Crippen molar-refractivity contribution in [1.29, 1.82) is 0 Å². The number of nitrogens with zero attached hydrogens (tertiary/aromatic N) is 3. The molecule has 1 aromatic heterocycles. The van der Waals surface area contributed by atoms with E-state index < -0.39 is 5.97 Å². The molecule has 0 saturated carbocycles. The molecule has 0 aliphatic rings. The summed E-state index contributed by atoms with van der Waals surface area (Å²) in [7, 11) is 0. The number of carbonyl (C=O) groups is 1. The second-order valence-electron chi connectivity index (χ2n) is 3.74. The SMILES string of the molecule is [N-]=[N+]=NCC#Cc1ccc(-c2ccc(C(=O)O)o2)cc1. The fraction of sp³-hybridized carbons (Fsp3) is 0.0714. The molecule has 0 unspecified atom stereocenters. The van der Waals surface area contributed by atoms with Gasteiger partial charge in [0.1, 0.15) is 5.76 Å². The highest BCUT2D eigenvalue weighted by Gasteiger charge is 2.09. The average molecular weight is 267 g/mol. The fourth-order valence-corrected chi connectivity index (χ4v) is 1.53. The lowest BCUT2D eigenvalue weighted by atomic mass is 10.1. The molecule has 0 fully saturated rings. The third kappa shape index (κ3) is 3.19. The second kappa shape index (κ2) is 6.14. The van der Waals surface area contributed by atoms with Crippen LogP contribution in [0.15, 0.2) is 45.9 Å². The number of hydrogen-bond donors (Lipinski definition) is 1. The Labute approximate surface area is 114 Å². The predicted octanol–water partition coefficient (Wildman–Crippen LogP) is 3.31. The highest BCUT2D eigenvalue weighted by atomic mass is 16.4. The van der Waals surface area contributed by atoms with Crippen molar-refractivity contribution in [3.8, 4) is 23.2 Å². The zero-order valence-electron chi connectivity index (χ0n) is 10.3. The van der Waals surface area contributed by atoms with Crippen molar-refractivity contribution in [3.05, 3.63) is 58.2 Å². The molecule has 6 nitrogen and oxygen atoms in total. The van der Waals surface area contributed by atoms with E-state index in [9.17, 15) is 4.79 Å². The van der Waals surface area contributed by atoms with Crippen molar-refractivity contribution in [1.82, 2.24) is 0 Å². The average Bonchev–Trinajstić information content (AvgIpc) is 2.94. The van der Waals surface area contributed by atoms with E-state index in [0.717, 1.165) is 11.1 Å². The largest absolute Gasteiger partial charge is 0.475 e. The van der Waals surface area contributed by atoms with Crippen molar-refractivity contribution >= 4 is 5.97 Å². The van der Waals surface area contributed by atoms with Crippen LogP contribution in [-0.2, 0) is 0 Å². The molecule has 0 atom stereocenters. The summed E-state index contributed by atoms with van der Waals surface area (Å²) in [5, 5.41) is 12.1. The normalized spacial score (nSPS) is 9.20. The van der Waals surface area contributed by atoms with Crippen molar-refractivity contribution in [2.45, 2.75) is 0 Å². The maximum Gasteiger partial charge on any atom is 0.371 e. The van der Waals surface area contributed by atoms with Gasteiger partial charge in [-0.05, 0) is 29.8 Å². The number of rotatable bonds is 3. The molecule has 6 heteroatoms. The molecule has 20 heavy (non-hydrogen) atoms. The van der Waals surface area contributed by atoms with E-state index in [4.69, 9.17) is 15.1 Å². The second-order valence-corrected chi connectivity index (χ2v) is 3.74. The van der Waals surface area contributed by atoms with Gasteiger partial charge >= 0.3 is 5.97 Å². The van der Waals surface area contributed by atoms with Crippen LogP contribution >= 0.6 is 0 Å². The number of carboxylic acid groups (broad SMARTS) is 1. The van der Waals surface area contributed by atoms with E-state index in [2.05, 4.69) is 21.9 Å². The summed E-state index contributed by atoms with van der Waals surface area (Å²) in [5.74, 6) is 4.83. The van der Waals surface area contributed by atoms with Crippen LogP contribution in [0.3, 0.4) is 0 Å². The molecular weight excluding hydrogens is 258 g/mol. The van der Waals surface area contributed by atoms with E-state index in [-0.39, 0.29) is 12.3 Å². The zero-order valence-corrected chi connectivity index (χ0v) is 10.3. The van der Waals surface area contributed by atoms with Crippen LogP contribution in [0.1, 0.15) is 16.1 Å². The molecule has 0 amide bonds. The van der Waals surface area contributed by atoms with E-state index >= 15 is 0 Å². The minimum absolute atomic E-state index is 0.0989. The van der Waals surface area contributed by atoms with Gasteiger partial charge in [-0.1, -0.05) is 29.1 Å². The van der Waals surface area contributed by atoms with Crippen LogP contribution in [0.5, 0.6) is 0 Å². The summed E-state index contributed by atoms with van der Waals surface area (Å²) in [6.07, 6.45) is 0. The zero-order chi connectivity index (χ0) is 14.4. The Balaban J connectivity index is 2.16. The predicted molar refractivity (Wildman–Crippen MR) is 72.0 cm³/mol. The van der Waals surface area contributed by atoms with Crippen molar-refractivity contribution < 1.29 is 14.3 Å². The van der Waals surface area contributed by atoms with Gasteiger partial charge in [0.15, 0.2) is 0 Å². The molecule has 0 bridgehead atoms. The number of aromatic carboxylic acids is 1. The number of benzene rings is 1. The van der Waals surface area contributed by atoms with Gasteiger partial charge in [0.05, 0.1) is 6.54 Å². The first kappa shape index (κ1) is 13.3. The lowest BCUT2D eigenvalue weighted by Crippen LogP contribution is -1.91. The molecule has 0 saturated heterocycles. The van der Waals surface area contributed by atoms with Crippen LogP contribution in [0, 0.1) is 11.8 Å². The summed E-state index contributed by atoms with van der Waals surface area (Å²) in [6, 6.07) is 10.1. The Kier molecular flexibility index (Phi) is 4.07. The highest BCUT2D eigenvalue weighted by molar-refractivity contribution is 5.85. The molecule has 2 rings (SSSR count). The number of carboxylic acids is 1. The first-order chi connectivity index (χ1) is 9.70. The first-order valence-corrected chi connectivity index (χ1v) is 5.64. The monoisotopic (exact) mass is 267 g/mol. The fourth-order valence-electron chi connectivity index (χ4n) is 1.53. The summed E-state index contributed by atoms with van der Waals surface area (Å²) in [5.41, 5.74) is 9.64. The van der Waals surface area contributed by atoms with Gasteiger partial charge in [0, 0.05) is 16.0 Å². The van der Waals surface area contributed by atoms with Gasteiger partial charge in [-0.2, -0.15) is 0 Å². The summed E-state index contributed by atoms with van der Waals surface area (Å²) in [6.45, 7) is 0.123. The first-order valence-electron chi connectivity index (χ1n) is 5.64. The molecular formula is C14H9N3O3. The Morgan fingerprint density at radius 3 is 2.65 bits per heavy atom. The van der Waals surface area contributed by atoms with Gasteiger partial charge < -0.3 is 9.52 Å². The molecule has 1 aromatic carbocycles. The van der Waals surface area contributed by atoms with E-state index in [1.807, 2.05) is 0 Å². The third-order valence-electron chi connectivity index (χ3n) is 2.43. The van der Waals surface area contributed by atoms with E-state index in [0.29, 0.717) is 5.76 Å². The summed E-state index contributed by atoms with van der Waals surface area (Å²) in [4.78, 5) is 13.3. The highest BCUT2D eigenvalue weighted by Crippen LogP contribution is 2.22. The minimum atomic E-state index is -1.10. The number of azide groups is 1. The summed E-state index contributed by atoms with van der Waals surface area (Å²) >= 11 is 0. The molecule has 0 spiro atoms.